The summed E-state index contributed by atoms with van der Waals surface area (Å²) in [5.41, 5.74) is 4.80. The number of benzene rings is 1. The van der Waals surface area contributed by atoms with Crippen LogP contribution in [-0.4, -0.2) is 19.7 Å². The Morgan fingerprint density at radius 2 is 2.05 bits per heavy atom. The number of fused-ring (bicyclic) bond motifs is 1. The van der Waals surface area contributed by atoms with Gasteiger partial charge in [0.05, 0.1) is 22.9 Å². The van der Waals surface area contributed by atoms with Crippen molar-refractivity contribution in [3.63, 3.8) is 0 Å². The van der Waals surface area contributed by atoms with E-state index in [2.05, 4.69) is 15.1 Å². The predicted molar refractivity (Wildman–Crippen MR) is 74.0 cm³/mol. The van der Waals surface area contributed by atoms with E-state index in [1.165, 1.54) is 6.33 Å². The first kappa shape index (κ1) is 11.6. The number of H-pyrrole nitrogens is 1. The second-order valence-corrected chi connectivity index (χ2v) is 4.63. The molecule has 0 spiro atoms. The number of rotatable bonds is 1. The molecule has 0 aliphatic rings. The number of aryl methyl sites for hydroxylation is 2. The predicted octanol–water partition coefficient (Wildman–Crippen LogP) is 1.94. The highest BCUT2D eigenvalue weighted by Crippen LogP contribution is 2.27. The summed E-state index contributed by atoms with van der Waals surface area (Å²) in [4.78, 5) is 18.4. The zero-order valence-electron chi connectivity index (χ0n) is 11.1. The normalized spacial score (nSPS) is 11.1. The third-order valence-corrected chi connectivity index (χ3v) is 3.44. The fraction of sp³-hybridized carbons (Fsp3) is 0.214. The molecule has 0 bridgehead atoms. The molecule has 0 aliphatic heterocycles. The van der Waals surface area contributed by atoms with Crippen LogP contribution in [0.15, 0.2) is 29.3 Å². The van der Waals surface area contributed by atoms with Crippen molar-refractivity contribution in [2.45, 2.75) is 13.8 Å². The van der Waals surface area contributed by atoms with Crippen molar-refractivity contribution in [1.29, 1.82) is 0 Å². The van der Waals surface area contributed by atoms with Crippen LogP contribution in [0.4, 0.5) is 0 Å². The first-order valence-electron chi connectivity index (χ1n) is 6.06. The summed E-state index contributed by atoms with van der Waals surface area (Å²) in [6.45, 7) is 4.02. The van der Waals surface area contributed by atoms with Crippen LogP contribution in [-0.2, 0) is 7.05 Å². The number of aromatic nitrogens is 4. The smallest absolute Gasteiger partial charge is 0.258 e. The van der Waals surface area contributed by atoms with E-state index in [9.17, 15) is 4.79 Å². The van der Waals surface area contributed by atoms with Crippen molar-refractivity contribution < 1.29 is 0 Å². The molecule has 1 aromatic carbocycles. The number of nitrogens with one attached hydrogen (secondary N) is 1. The summed E-state index contributed by atoms with van der Waals surface area (Å²) in [7, 11) is 1.93. The van der Waals surface area contributed by atoms with Crippen LogP contribution in [0.1, 0.15) is 11.4 Å². The van der Waals surface area contributed by atoms with E-state index in [1.54, 1.807) is 0 Å². The summed E-state index contributed by atoms with van der Waals surface area (Å²) in [6.07, 6.45) is 1.43. The van der Waals surface area contributed by atoms with E-state index in [0.29, 0.717) is 10.9 Å². The highest BCUT2D eigenvalue weighted by atomic mass is 16.1. The molecule has 0 fully saturated rings. The van der Waals surface area contributed by atoms with Gasteiger partial charge in [0, 0.05) is 18.3 Å². The molecule has 3 aromatic rings. The zero-order chi connectivity index (χ0) is 13.6. The van der Waals surface area contributed by atoms with Gasteiger partial charge in [-0.15, -0.1) is 0 Å². The Bertz CT molecular complexity index is 829. The van der Waals surface area contributed by atoms with Crippen LogP contribution in [0.5, 0.6) is 0 Å². The van der Waals surface area contributed by atoms with Crippen LogP contribution in [0.2, 0.25) is 0 Å². The van der Waals surface area contributed by atoms with Gasteiger partial charge in [0.2, 0.25) is 0 Å². The lowest BCUT2D eigenvalue weighted by Crippen LogP contribution is -2.05. The topological polar surface area (TPSA) is 63.6 Å². The van der Waals surface area contributed by atoms with E-state index in [4.69, 9.17) is 0 Å². The molecule has 0 atom stereocenters. The largest absolute Gasteiger partial charge is 0.313 e. The van der Waals surface area contributed by atoms with Gasteiger partial charge in [0.1, 0.15) is 0 Å². The fourth-order valence-electron chi connectivity index (χ4n) is 2.42. The van der Waals surface area contributed by atoms with Crippen molar-refractivity contribution >= 4 is 10.9 Å². The molecule has 2 aromatic heterocycles. The maximum absolute atomic E-state index is 11.7. The fourth-order valence-corrected chi connectivity index (χ4v) is 2.42. The zero-order valence-corrected chi connectivity index (χ0v) is 11.1. The average molecular weight is 254 g/mol. The maximum Gasteiger partial charge on any atom is 0.258 e. The Hall–Kier alpha value is -2.43. The highest BCUT2D eigenvalue weighted by molar-refractivity contribution is 5.84. The summed E-state index contributed by atoms with van der Waals surface area (Å²) in [5, 5.41) is 5.02. The molecule has 5 heteroatoms. The van der Waals surface area contributed by atoms with Gasteiger partial charge in [-0.3, -0.25) is 9.48 Å². The van der Waals surface area contributed by atoms with E-state index in [-0.39, 0.29) is 5.56 Å². The van der Waals surface area contributed by atoms with Crippen LogP contribution in [0, 0.1) is 13.8 Å². The molecule has 5 nitrogen and oxygen atoms in total. The van der Waals surface area contributed by atoms with E-state index >= 15 is 0 Å². The molecule has 0 amide bonds. The number of nitrogens with zero attached hydrogens (tertiary/aromatic N) is 3. The van der Waals surface area contributed by atoms with E-state index in [1.807, 2.05) is 43.8 Å². The first-order valence-corrected chi connectivity index (χ1v) is 6.06. The molecule has 0 saturated heterocycles. The third-order valence-electron chi connectivity index (χ3n) is 3.44. The average Bonchev–Trinajstić information content (AvgIpc) is 2.63. The van der Waals surface area contributed by atoms with Crippen molar-refractivity contribution in [3.8, 4) is 11.1 Å². The van der Waals surface area contributed by atoms with Gasteiger partial charge < -0.3 is 4.98 Å². The minimum atomic E-state index is -0.115. The van der Waals surface area contributed by atoms with Crippen molar-refractivity contribution in [1.82, 2.24) is 19.7 Å². The molecule has 0 unspecified atom stereocenters. The molecule has 1 N–H and O–H groups in total. The van der Waals surface area contributed by atoms with Crippen LogP contribution in [0.3, 0.4) is 0 Å². The van der Waals surface area contributed by atoms with E-state index < -0.39 is 0 Å². The lowest BCUT2D eigenvalue weighted by molar-refractivity contribution is 0.731. The Kier molecular flexibility index (Phi) is 2.48. The van der Waals surface area contributed by atoms with Crippen molar-refractivity contribution in [2.75, 3.05) is 0 Å². The minimum Gasteiger partial charge on any atom is -0.313 e. The Balaban J connectivity index is 2.29. The van der Waals surface area contributed by atoms with E-state index in [0.717, 1.165) is 22.5 Å². The Labute approximate surface area is 109 Å². The SMILES string of the molecule is Cc1nn(C)c(C)c1-c1ccc2c(=O)[nH]cnc2c1. The molecular weight excluding hydrogens is 240 g/mol. The second kappa shape index (κ2) is 4.05. The van der Waals surface area contributed by atoms with Gasteiger partial charge in [-0.1, -0.05) is 6.07 Å². The quantitative estimate of drug-likeness (QED) is 0.721. The minimum absolute atomic E-state index is 0.115. The van der Waals surface area contributed by atoms with Crippen LogP contribution in [0.25, 0.3) is 22.0 Å². The lowest BCUT2D eigenvalue weighted by atomic mass is 10.0. The molecule has 96 valence electrons. The van der Waals surface area contributed by atoms with Gasteiger partial charge in [-0.25, -0.2) is 4.98 Å². The van der Waals surface area contributed by atoms with Gasteiger partial charge in [-0.05, 0) is 31.5 Å². The monoisotopic (exact) mass is 254 g/mol. The van der Waals surface area contributed by atoms with Gasteiger partial charge in [-0.2, -0.15) is 5.10 Å². The molecule has 19 heavy (non-hydrogen) atoms. The summed E-state index contributed by atoms with van der Waals surface area (Å²) in [5.74, 6) is 0. The summed E-state index contributed by atoms with van der Waals surface area (Å²) in [6, 6.07) is 5.68. The van der Waals surface area contributed by atoms with Gasteiger partial charge >= 0.3 is 0 Å². The standard InChI is InChI=1S/C14H14N4O/c1-8-13(9(2)18(3)17-8)10-4-5-11-12(6-10)15-7-16-14(11)19/h4-7H,1-3H3,(H,15,16,19). The number of hydrogen-bond acceptors (Lipinski definition) is 3. The van der Waals surface area contributed by atoms with Crippen LogP contribution < -0.4 is 5.56 Å². The molecular formula is C14H14N4O. The van der Waals surface area contributed by atoms with Crippen molar-refractivity contribution in [3.05, 3.63) is 46.3 Å². The second-order valence-electron chi connectivity index (χ2n) is 4.63. The Morgan fingerprint density at radius 3 is 2.74 bits per heavy atom. The van der Waals surface area contributed by atoms with Gasteiger partial charge in [0.15, 0.2) is 0 Å². The Morgan fingerprint density at radius 1 is 1.26 bits per heavy atom. The maximum atomic E-state index is 11.7. The van der Waals surface area contributed by atoms with Crippen molar-refractivity contribution in [2.24, 2.45) is 7.05 Å². The number of aromatic amines is 1. The molecule has 0 aliphatic carbocycles. The molecule has 2 heterocycles. The molecule has 0 saturated carbocycles. The first-order chi connectivity index (χ1) is 9.08. The number of hydrogen-bond donors (Lipinski definition) is 1. The highest BCUT2D eigenvalue weighted by Gasteiger charge is 2.12. The lowest BCUT2D eigenvalue weighted by Gasteiger charge is -2.04. The summed E-state index contributed by atoms with van der Waals surface area (Å²) >= 11 is 0. The molecule has 0 radical (unpaired) electrons. The molecule has 3 rings (SSSR count). The third kappa shape index (κ3) is 1.74. The van der Waals surface area contributed by atoms with Crippen LogP contribution >= 0.6 is 0 Å². The summed E-state index contributed by atoms with van der Waals surface area (Å²) < 4.78 is 1.86. The van der Waals surface area contributed by atoms with Gasteiger partial charge in [0.25, 0.3) is 5.56 Å².